The van der Waals surface area contributed by atoms with Crippen LogP contribution in [0.1, 0.15) is 47.0 Å². The maximum atomic E-state index is 5.30. The van der Waals surface area contributed by atoms with Crippen LogP contribution in [0.3, 0.4) is 0 Å². The van der Waals surface area contributed by atoms with E-state index in [4.69, 9.17) is 4.74 Å². The van der Waals surface area contributed by atoms with E-state index in [1.54, 1.807) is 0 Å². The Balaban J connectivity index is 2.61. The number of rotatable bonds is 3. The lowest BCUT2D eigenvalue weighted by atomic mass is 9.75. The molecule has 1 heteroatoms. The molecule has 0 heterocycles. The standard InChI is InChI=1S/C12H24O/c1-10(2)12(4)7-6-11(3,8-12)9-13-5/h10H,6-9H2,1-5H3. The van der Waals surface area contributed by atoms with E-state index >= 15 is 0 Å². The molecule has 0 aromatic rings. The van der Waals surface area contributed by atoms with Crippen molar-refractivity contribution in [3.8, 4) is 0 Å². The number of methoxy groups -OCH3 is 1. The highest BCUT2D eigenvalue weighted by Crippen LogP contribution is 2.52. The largest absolute Gasteiger partial charge is 0.384 e. The molecule has 1 saturated carbocycles. The smallest absolute Gasteiger partial charge is 0.0516 e. The van der Waals surface area contributed by atoms with Gasteiger partial charge in [-0.2, -0.15) is 0 Å². The summed E-state index contributed by atoms with van der Waals surface area (Å²) in [5.41, 5.74) is 0.987. The molecule has 1 aliphatic rings. The lowest BCUT2D eigenvalue weighted by Gasteiger charge is -2.31. The molecule has 1 nitrogen and oxygen atoms in total. The van der Waals surface area contributed by atoms with Gasteiger partial charge in [-0.1, -0.05) is 27.7 Å². The molecule has 0 saturated heterocycles. The number of hydrogen-bond acceptors (Lipinski definition) is 1. The average molecular weight is 184 g/mol. The van der Waals surface area contributed by atoms with Crippen LogP contribution >= 0.6 is 0 Å². The van der Waals surface area contributed by atoms with Gasteiger partial charge < -0.3 is 4.74 Å². The fourth-order valence-electron chi connectivity index (χ4n) is 2.70. The monoisotopic (exact) mass is 184 g/mol. The molecule has 13 heavy (non-hydrogen) atoms. The normalized spacial score (nSPS) is 40.2. The first-order valence-corrected chi connectivity index (χ1v) is 5.41. The van der Waals surface area contributed by atoms with Crippen LogP contribution in [0.2, 0.25) is 0 Å². The van der Waals surface area contributed by atoms with Gasteiger partial charge in [0.25, 0.3) is 0 Å². The Hall–Kier alpha value is -0.0400. The van der Waals surface area contributed by atoms with Crippen LogP contribution < -0.4 is 0 Å². The van der Waals surface area contributed by atoms with Crippen LogP contribution in [0.4, 0.5) is 0 Å². The summed E-state index contributed by atoms with van der Waals surface area (Å²) in [6.07, 6.45) is 4.02. The Morgan fingerprint density at radius 3 is 2.23 bits per heavy atom. The van der Waals surface area contributed by atoms with E-state index < -0.39 is 0 Å². The van der Waals surface area contributed by atoms with E-state index in [2.05, 4.69) is 27.7 Å². The summed E-state index contributed by atoms with van der Waals surface area (Å²) in [6, 6.07) is 0. The Morgan fingerprint density at radius 1 is 1.23 bits per heavy atom. The summed E-state index contributed by atoms with van der Waals surface area (Å²) >= 11 is 0. The zero-order chi connectivity index (χ0) is 10.1. The lowest BCUT2D eigenvalue weighted by Crippen LogP contribution is -2.25. The highest BCUT2D eigenvalue weighted by molar-refractivity contribution is 4.94. The minimum atomic E-state index is 0.438. The molecule has 0 amide bonds. The van der Waals surface area contributed by atoms with E-state index in [9.17, 15) is 0 Å². The molecule has 1 rings (SSSR count). The van der Waals surface area contributed by atoms with Crippen LogP contribution in [-0.4, -0.2) is 13.7 Å². The average Bonchev–Trinajstić information content (AvgIpc) is 2.30. The van der Waals surface area contributed by atoms with Crippen LogP contribution in [0.5, 0.6) is 0 Å². The molecule has 1 aliphatic carbocycles. The van der Waals surface area contributed by atoms with Gasteiger partial charge >= 0.3 is 0 Å². The van der Waals surface area contributed by atoms with Crippen molar-refractivity contribution in [2.75, 3.05) is 13.7 Å². The molecule has 78 valence electrons. The minimum absolute atomic E-state index is 0.438. The Morgan fingerprint density at radius 2 is 1.85 bits per heavy atom. The fourth-order valence-corrected chi connectivity index (χ4v) is 2.70. The van der Waals surface area contributed by atoms with E-state index in [1.165, 1.54) is 19.3 Å². The van der Waals surface area contributed by atoms with Crippen LogP contribution in [0.15, 0.2) is 0 Å². The van der Waals surface area contributed by atoms with Crippen molar-refractivity contribution in [2.24, 2.45) is 16.7 Å². The quantitative estimate of drug-likeness (QED) is 0.652. The summed E-state index contributed by atoms with van der Waals surface area (Å²) in [7, 11) is 1.82. The molecule has 2 atom stereocenters. The number of hydrogen-bond donors (Lipinski definition) is 0. The van der Waals surface area contributed by atoms with Crippen molar-refractivity contribution in [3.05, 3.63) is 0 Å². The highest BCUT2D eigenvalue weighted by atomic mass is 16.5. The number of ether oxygens (including phenoxy) is 1. The van der Waals surface area contributed by atoms with Gasteiger partial charge in [-0.05, 0) is 36.0 Å². The van der Waals surface area contributed by atoms with Crippen molar-refractivity contribution >= 4 is 0 Å². The van der Waals surface area contributed by atoms with E-state index in [0.717, 1.165) is 12.5 Å². The second-order valence-electron chi connectivity index (χ2n) is 5.73. The summed E-state index contributed by atoms with van der Waals surface area (Å²) in [5, 5.41) is 0. The zero-order valence-electron chi connectivity index (χ0n) is 9.81. The van der Waals surface area contributed by atoms with Crippen molar-refractivity contribution in [1.29, 1.82) is 0 Å². The molecule has 0 aromatic carbocycles. The van der Waals surface area contributed by atoms with Crippen molar-refractivity contribution in [2.45, 2.75) is 47.0 Å². The van der Waals surface area contributed by atoms with Gasteiger partial charge in [-0.15, -0.1) is 0 Å². The first-order chi connectivity index (χ1) is 5.92. The van der Waals surface area contributed by atoms with Gasteiger partial charge in [0.15, 0.2) is 0 Å². The molecule has 2 unspecified atom stereocenters. The third-order valence-electron chi connectivity index (χ3n) is 4.02. The van der Waals surface area contributed by atoms with Crippen molar-refractivity contribution in [3.63, 3.8) is 0 Å². The summed E-state index contributed by atoms with van der Waals surface area (Å²) in [6.45, 7) is 10.4. The van der Waals surface area contributed by atoms with Crippen molar-refractivity contribution in [1.82, 2.24) is 0 Å². The van der Waals surface area contributed by atoms with Gasteiger partial charge in [-0.3, -0.25) is 0 Å². The molecular formula is C12H24O. The Labute approximate surface area is 82.9 Å². The molecule has 1 fully saturated rings. The molecule has 0 N–H and O–H groups in total. The summed E-state index contributed by atoms with van der Waals surface area (Å²) in [5.74, 6) is 0.797. The van der Waals surface area contributed by atoms with Gasteiger partial charge in [-0.25, -0.2) is 0 Å². The minimum Gasteiger partial charge on any atom is -0.384 e. The lowest BCUT2D eigenvalue weighted by molar-refractivity contribution is 0.0803. The van der Waals surface area contributed by atoms with Gasteiger partial charge in [0.05, 0.1) is 6.61 Å². The summed E-state index contributed by atoms with van der Waals surface area (Å²) < 4.78 is 5.30. The first-order valence-electron chi connectivity index (χ1n) is 5.41. The van der Waals surface area contributed by atoms with Crippen LogP contribution in [0.25, 0.3) is 0 Å². The molecule has 0 aromatic heterocycles. The molecule has 0 spiro atoms. The summed E-state index contributed by atoms with van der Waals surface area (Å²) in [4.78, 5) is 0. The van der Waals surface area contributed by atoms with Crippen LogP contribution in [0, 0.1) is 16.7 Å². The second-order valence-corrected chi connectivity index (χ2v) is 5.73. The van der Waals surface area contributed by atoms with Crippen molar-refractivity contribution < 1.29 is 4.74 Å². The highest BCUT2D eigenvalue weighted by Gasteiger charge is 2.43. The van der Waals surface area contributed by atoms with Gasteiger partial charge in [0.1, 0.15) is 0 Å². The van der Waals surface area contributed by atoms with Crippen LogP contribution in [-0.2, 0) is 4.74 Å². The molecule has 0 aliphatic heterocycles. The third kappa shape index (κ3) is 2.25. The fraction of sp³-hybridized carbons (Fsp3) is 1.00. The molecular weight excluding hydrogens is 160 g/mol. The van der Waals surface area contributed by atoms with Gasteiger partial charge in [0, 0.05) is 7.11 Å². The van der Waals surface area contributed by atoms with E-state index in [1.807, 2.05) is 7.11 Å². The second kappa shape index (κ2) is 3.61. The van der Waals surface area contributed by atoms with E-state index in [0.29, 0.717) is 10.8 Å². The van der Waals surface area contributed by atoms with Gasteiger partial charge in [0.2, 0.25) is 0 Å². The topological polar surface area (TPSA) is 9.23 Å². The maximum Gasteiger partial charge on any atom is 0.0516 e. The Bertz CT molecular complexity index is 176. The molecule has 0 bridgehead atoms. The molecule has 0 radical (unpaired) electrons. The predicted octanol–water partition coefficient (Wildman–Crippen LogP) is 3.49. The SMILES string of the molecule is COCC1(C)CCC(C)(C(C)C)C1. The maximum absolute atomic E-state index is 5.30. The zero-order valence-corrected chi connectivity index (χ0v) is 9.81. The van der Waals surface area contributed by atoms with E-state index in [-0.39, 0.29) is 0 Å². The Kier molecular flexibility index (Phi) is 3.06. The third-order valence-corrected chi connectivity index (χ3v) is 4.02. The first kappa shape index (κ1) is 11.0. The predicted molar refractivity (Wildman–Crippen MR) is 56.8 cm³/mol.